The van der Waals surface area contributed by atoms with Crippen molar-refractivity contribution in [2.45, 2.75) is 32.9 Å². The molecule has 1 N–H and O–H groups in total. The topological polar surface area (TPSA) is 42.7 Å². The fourth-order valence-corrected chi connectivity index (χ4v) is 2.01. The van der Waals surface area contributed by atoms with E-state index in [4.69, 9.17) is 0 Å². The largest absolute Gasteiger partial charge is 0.416 e. The van der Waals surface area contributed by atoms with Gasteiger partial charge >= 0.3 is 6.18 Å². The van der Waals surface area contributed by atoms with Crippen molar-refractivity contribution in [3.8, 4) is 5.82 Å². The average molecular weight is 298 g/mol. The van der Waals surface area contributed by atoms with Crippen LogP contribution in [0.3, 0.4) is 0 Å². The second kappa shape index (κ2) is 5.75. The smallest absolute Gasteiger partial charge is 0.373 e. The second-order valence-electron chi connectivity index (χ2n) is 4.59. The molecule has 4 nitrogen and oxygen atoms in total. The first-order valence-electron chi connectivity index (χ1n) is 6.74. The standard InChI is InChI=1S/C14H17F3N4/c1-4-10-8-11(5-2)21(20-10)13-7-9(14(15,16)17)6-12(18-3)19-13/h6-8H,4-5H2,1-3H3,(H,18,19). The fourth-order valence-electron chi connectivity index (χ4n) is 2.01. The van der Waals surface area contributed by atoms with Crippen molar-refractivity contribution in [1.82, 2.24) is 14.8 Å². The maximum Gasteiger partial charge on any atom is 0.416 e. The first kappa shape index (κ1) is 15.3. The zero-order valence-electron chi connectivity index (χ0n) is 12.1. The highest BCUT2D eigenvalue weighted by molar-refractivity contribution is 5.45. The van der Waals surface area contributed by atoms with Gasteiger partial charge in [0, 0.05) is 12.7 Å². The molecule has 0 aliphatic heterocycles. The molecule has 0 aliphatic rings. The Morgan fingerprint density at radius 3 is 2.38 bits per heavy atom. The van der Waals surface area contributed by atoms with E-state index in [0.29, 0.717) is 6.42 Å². The molecule has 2 rings (SSSR count). The maximum absolute atomic E-state index is 13.0. The Hall–Kier alpha value is -2.05. The molecule has 2 heterocycles. The zero-order chi connectivity index (χ0) is 15.6. The average Bonchev–Trinajstić information content (AvgIpc) is 2.89. The summed E-state index contributed by atoms with van der Waals surface area (Å²) in [6.45, 7) is 3.88. The van der Waals surface area contributed by atoms with Gasteiger partial charge in [0.15, 0.2) is 5.82 Å². The second-order valence-corrected chi connectivity index (χ2v) is 4.59. The summed E-state index contributed by atoms with van der Waals surface area (Å²) in [5, 5.41) is 6.98. The Labute approximate surface area is 121 Å². The van der Waals surface area contributed by atoms with E-state index in [0.717, 1.165) is 29.9 Å². The first-order chi connectivity index (χ1) is 9.88. The number of pyridine rings is 1. The van der Waals surface area contributed by atoms with Gasteiger partial charge in [-0.1, -0.05) is 13.8 Å². The molecule has 21 heavy (non-hydrogen) atoms. The van der Waals surface area contributed by atoms with Crippen LogP contribution >= 0.6 is 0 Å². The lowest BCUT2D eigenvalue weighted by Gasteiger charge is -2.12. The Balaban J connectivity index is 2.60. The van der Waals surface area contributed by atoms with Crippen LogP contribution in [-0.2, 0) is 19.0 Å². The Morgan fingerprint density at radius 2 is 1.86 bits per heavy atom. The zero-order valence-corrected chi connectivity index (χ0v) is 12.1. The van der Waals surface area contributed by atoms with Crippen LogP contribution in [-0.4, -0.2) is 21.8 Å². The molecule has 0 saturated carbocycles. The number of anilines is 1. The van der Waals surface area contributed by atoms with E-state index in [9.17, 15) is 13.2 Å². The molecule has 0 fully saturated rings. The highest BCUT2D eigenvalue weighted by atomic mass is 19.4. The van der Waals surface area contributed by atoms with Gasteiger partial charge in [0.25, 0.3) is 0 Å². The van der Waals surface area contributed by atoms with Crippen LogP contribution in [0, 0.1) is 0 Å². The van der Waals surface area contributed by atoms with Crippen LogP contribution in [0.25, 0.3) is 5.82 Å². The highest BCUT2D eigenvalue weighted by Crippen LogP contribution is 2.31. The summed E-state index contributed by atoms with van der Waals surface area (Å²) in [7, 11) is 1.54. The van der Waals surface area contributed by atoms with Gasteiger partial charge in [0.1, 0.15) is 5.82 Å². The van der Waals surface area contributed by atoms with Crippen molar-refractivity contribution in [3.05, 3.63) is 35.2 Å². The van der Waals surface area contributed by atoms with Gasteiger partial charge < -0.3 is 5.32 Å². The fraction of sp³-hybridized carbons (Fsp3) is 0.429. The number of aryl methyl sites for hydroxylation is 2. The number of hydrogen-bond donors (Lipinski definition) is 1. The quantitative estimate of drug-likeness (QED) is 0.940. The van der Waals surface area contributed by atoms with Crippen LogP contribution in [0.15, 0.2) is 18.2 Å². The number of aromatic nitrogens is 3. The lowest BCUT2D eigenvalue weighted by molar-refractivity contribution is -0.137. The Bertz CT molecular complexity index is 632. The van der Waals surface area contributed by atoms with E-state index in [1.54, 1.807) is 0 Å². The molecule has 0 atom stereocenters. The summed E-state index contributed by atoms with van der Waals surface area (Å²) in [6.07, 6.45) is -3.03. The van der Waals surface area contributed by atoms with Crippen molar-refractivity contribution >= 4 is 5.82 Å². The summed E-state index contributed by atoms with van der Waals surface area (Å²) in [5.41, 5.74) is 0.922. The minimum Gasteiger partial charge on any atom is -0.373 e. The number of alkyl halides is 3. The molecule has 2 aromatic heterocycles. The number of halogens is 3. The van der Waals surface area contributed by atoms with E-state index in [-0.39, 0.29) is 11.6 Å². The predicted molar refractivity (Wildman–Crippen MR) is 74.7 cm³/mol. The van der Waals surface area contributed by atoms with Gasteiger partial charge in [-0.25, -0.2) is 9.67 Å². The van der Waals surface area contributed by atoms with Crippen LogP contribution in [0.4, 0.5) is 19.0 Å². The molecule has 7 heteroatoms. The number of nitrogens with zero attached hydrogens (tertiary/aromatic N) is 3. The van der Waals surface area contributed by atoms with Crippen molar-refractivity contribution in [2.24, 2.45) is 0 Å². The Kier molecular flexibility index (Phi) is 4.20. The molecule has 114 valence electrons. The van der Waals surface area contributed by atoms with Gasteiger partial charge in [0.2, 0.25) is 0 Å². The number of hydrogen-bond acceptors (Lipinski definition) is 3. The number of nitrogens with one attached hydrogen (secondary N) is 1. The van der Waals surface area contributed by atoms with Crippen molar-refractivity contribution < 1.29 is 13.2 Å². The van der Waals surface area contributed by atoms with Gasteiger partial charge in [0.05, 0.1) is 11.3 Å². The summed E-state index contributed by atoms with van der Waals surface area (Å²) >= 11 is 0. The molecule has 0 saturated heterocycles. The van der Waals surface area contributed by atoms with E-state index < -0.39 is 11.7 Å². The normalized spacial score (nSPS) is 11.7. The summed E-state index contributed by atoms with van der Waals surface area (Å²) in [6, 6.07) is 3.90. The minimum absolute atomic E-state index is 0.162. The molecular weight excluding hydrogens is 281 g/mol. The molecule has 0 amide bonds. The lowest BCUT2D eigenvalue weighted by atomic mass is 10.2. The van der Waals surface area contributed by atoms with Crippen molar-refractivity contribution in [3.63, 3.8) is 0 Å². The van der Waals surface area contributed by atoms with Crippen molar-refractivity contribution in [1.29, 1.82) is 0 Å². The van der Waals surface area contributed by atoms with Gasteiger partial charge in [-0.05, 0) is 31.0 Å². The van der Waals surface area contributed by atoms with E-state index in [1.165, 1.54) is 11.7 Å². The Morgan fingerprint density at radius 1 is 1.14 bits per heavy atom. The predicted octanol–water partition coefficient (Wildman–Crippen LogP) is 3.45. The first-order valence-corrected chi connectivity index (χ1v) is 6.74. The monoisotopic (exact) mass is 298 g/mol. The molecule has 0 bridgehead atoms. The van der Waals surface area contributed by atoms with Crippen molar-refractivity contribution in [2.75, 3.05) is 12.4 Å². The molecule has 0 aliphatic carbocycles. The van der Waals surface area contributed by atoms with E-state index in [2.05, 4.69) is 15.4 Å². The van der Waals surface area contributed by atoms with E-state index in [1.807, 2.05) is 19.9 Å². The summed E-state index contributed by atoms with van der Waals surface area (Å²) in [4.78, 5) is 4.18. The molecular formula is C14H17F3N4. The van der Waals surface area contributed by atoms with Gasteiger partial charge in [-0.3, -0.25) is 0 Å². The lowest BCUT2D eigenvalue weighted by Crippen LogP contribution is -2.11. The van der Waals surface area contributed by atoms with Crippen LogP contribution in [0.5, 0.6) is 0 Å². The van der Waals surface area contributed by atoms with Gasteiger partial charge in [-0.15, -0.1) is 0 Å². The molecule has 0 aromatic carbocycles. The highest BCUT2D eigenvalue weighted by Gasteiger charge is 2.32. The third-order valence-corrected chi connectivity index (χ3v) is 3.17. The third-order valence-electron chi connectivity index (χ3n) is 3.17. The van der Waals surface area contributed by atoms with E-state index >= 15 is 0 Å². The minimum atomic E-state index is -4.42. The maximum atomic E-state index is 13.0. The molecule has 0 unspecified atom stereocenters. The summed E-state index contributed by atoms with van der Waals surface area (Å²) in [5.74, 6) is 0.334. The van der Waals surface area contributed by atoms with Gasteiger partial charge in [-0.2, -0.15) is 18.3 Å². The number of rotatable bonds is 4. The van der Waals surface area contributed by atoms with Crippen LogP contribution in [0.2, 0.25) is 0 Å². The summed E-state index contributed by atoms with van der Waals surface area (Å²) < 4.78 is 40.4. The molecule has 2 aromatic rings. The third kappa shape index (κ3) is 3.17. The molecule has 0 radical (unpaired) electrons. The molecule has 0 spiro atoms. The van der Waals surface area contributed by atoms with Crippen LogP contribution < -0.4 is 5.32 Å². The SMILES string of the molecule is CCc1cc(CC)n(-c2cc(C(F)(F)F)cc(NC)n2)n1. The van der Waals surface area contributed by atoms with Crippen LogP contribution in [0.1, 0.15) is 30.8 Å².